The van der Waals surface area contributed by atoms with Crippen LogP contribution in [0.2, 0.25) is 0 Å². The van der Waals surface area contributed by atoms with Gasteiger partial charge in [-0.05, 0) is 32.1 Å². The summed E-state index contributed by atoms with van der Waals surface area (Å²) in [6.07, 6.45) is 5.21. The van der Waals surface area contributed by atoms with E-state index in [-0.39, 0.29) is 42.7 Å². The molecular formula is C12H21ClN2O3. The van der Waals surface area contributed by atoms with Crippen molar-refractivity contribution in [3.8, 4) is 0 Å². The van der Waals surface area contributed by atoms with Crippen molar-refractivity contribution in [3.05, 3.63) is 0 Å². The highest BCUT2D eigenvalue weighted by atomic mass is 35.5. The van der Waals surface area contributed by atoms with Gasteiger partial charge in [0.15, 0.2) is 0 Å². The molecule has 1 amide bonds. The fourth-order valence-electron chi connectivity index (χ4n) is 3.14. The third-order valence-corrected chi connectivity index (χ3v) is 4.10. The molecule has 0 aliphatic carbocycles. The second-order valence-corrected chi connectivity index (χ2v) is 5.28. The van der Waals surface area contributed by atoms with E-state index in [0.29, 0.717) is 12.6 Å². The van der Waals surface area contributed by atoms with E-state index >= 15 is 0 Å². The van der Waals surface area contributed by atoms with Crippen LogP contribution in [0.5, 0.6) is 0 Å². The van der Waals surface area contributed by atoms with Gasteiger partial charge < -0.3 is 20.5 Å². The average molecular weight is 277 g/mol. The monoisotopic (exact) mass is 276 g/mol. The first-order valence-corrected chi connectivity index (χ1v) is 6.57. The summed E-state index contributed by atoms with van der Waals surface area (Å²) in [6.45, 7) is 0.501. The zero-order chi connectivity index (χ0) is 11.8. The molecule has 3 fully saturated rings. The van der Waals surface area contributed by atoms with Crippen LogP contribution in [0.25, 0.3) is 0 Å². The van der Waals surface area contributed by atoms with Crippen molar-refractivity contribution in [1.82, 2.24) is 5.32 Å². The Morgan fingerprint density at radius 1 is 1.22 bits per heavy atom. The highest BCUT2D eigenvalue weighted by Crippen LogP contribution is 2.34. The Morgan fingerprint density at radius 2 is 2.06 bits per heavy atom. The summed E-state index contributed by atoms with van der Waals surface area (Å²) in [5, 5.41) is 3.07. The Morgan fingerprint density at radius 3 is 2.61 bits per heavy atom. The lowest BCUT2D eigenvalue weighted by atomic mass is 9.95. The molecule has 3 aliphatic rings. The largest absolute Gasteiger partial charge is 0.373 e. The van der Waals surface area contributed by atoms with Crippen molar-refractivity contribution in [2.45, 2.75) is 62.6 Å². The molecule has 18 heavy (non-hydrogen) atoms. The fraction of sp³-hybridized carbons (Fsp3) is 0.917. The maximum Gasteiger partial charge on any atom is 0.249 e. The van der Waals surface area contributed by atoms with Gasteiger partial charge in [0, 0.05) is 6.54 Å². The summed E-state index contributed by atoms with van der Waals surface area (Å²) in [4.78, 5) is 12.0. The van der Waals surface area contributed by atoms with Crippen LogP contribution in [-0.2, 0) is 14.3 Å². The van der Waals surface area contributed by atoms with Gasteiger partial charge in [0.05, 0.1) is 24.4 Å². The second-order valence-electron chi connectivity index (χ2n) is 5.28. The lowest BCUT2D eigenvalue weighted by Gasteiger charge is -2.22. The van der Waals surface area contributed by atoms with Crippen molar-refractivity contribution < 1.29 is 14.3 Å². The van der Waals surface area contributed by atoms with Gasteiger partial charge in [-0.2, -0.15) is 0 Å². The minimum absolute atomic E-state index is 0. The molecular weight excluding hydrogens is 256 g/mol. The summed E-state index contributed by atoms with van der Waals surface area (Å²) in [7, 11) is 0. The molecule has 0 saturated carbocycles. The summed E-state index contributed by atoms with van der Waals surface area (Å²) in [5.41, 5.74) is 5.53. The van der Waals surface area contributed by atoms with Crippen molar-refractivity contribution in [2.24, 2.45) is 5.73 Å². The minimum Gasteiger partial charge on any atom is -0.373 e. The SMILES string of the molecule is Cl.NC[C@H]1CC[C@@H](C(=O)N[C@@H]2C[C@H]3CC[C@@H]2O3)O1. The number of amides is 1. The highest BCUT2D eigenvalue weighted by molar-refractivity contribution is 5.85. The standard InChI is InChI=1S/C12H20N2O3.ClH/c13-6-8-2-4-11(17-8)12(15)14-9-5-7-1-3-10(9)16-7;/h7-11H,1-6,13H2,(H,14,15);1H/t7-,8-,9-,10+,11+;/m1./s1. The molecule has 0 unspecified atom stereocenters. The van der Waals surface area contributed by atoms with E-state index < -0.39 is 0 Å². The Hall–Kier alpha value is -0.360. The van der Waals surface area contributed by atoms with E-state index in [1.165, 1.54) is 0 Å². The van der Waals surface area contributed by atoms with E-state index in [4.69, 9.17) is 15.2 Å². The fourth-order valence-corrected chi connectivity index (χ4v) is 3.14. The van der Waals surface area contributed by atoms with Crippen molar-refractivity contribution in [2.75, 3.05) is 6.54 Å². The molecule has 104 valence electrons. The first-order chi connectivity index (χ1) is 8.26. The molecule has 3 rings (SSSR count). The lowest BCUT2D eigenvalue weighted by Crippen LogP contribution is -2.46. The molecule has 0 radical (unpaired) electrons. The number of hydrogen-bond donors (Lipinski definition) is 2. The maximum absolute atomic E-state index is 12.0. The van der Waals surface area contributed by atoms with Crippen LogP contribution in [0.4, 0.5) is 0 Å². The Balaban J connectivity index is 0.00000120. The predicted molar refractivity (Wildman–Crippen MR) is 68.6 cm³/mol. The van der Waals surface area contributed by atoms with Gasteiger partial charge in [0.2, 0.25) is 5.91 Å². The molecule has 0 spiro atoms. The number of fused-ring (bicyclic) bond motifs is 2. The third kappa shape index (κ3) is 2.64. The molecule has 5 atom stereocenters. The number of carbonyl (C=O) groups excluding carboxylic acids is 1. The molecule has 2 bridgehead atoms. The zero-order valence-corrected chi connectivity index (χ0v) is 11.2. The lowest BCUT2D eigenvalue weighted by molar-refractivity contribution is -0.133. The molecule has 0 aromatic rings. The zero-order valence-electron chi connectivity index (χ0n) is 10.3. The number of halogens is 1. The van der Waals surface area contributed by atoms with Gasteiger partial charge >= 0.3 is 0 Å². The van der Waals surface area contributed by atoms with Gasteiger partial charge in [-0.3, -0.25) is 4.79 Å². The van der Waals surface area contributed by atoms with E-state index in [1.54, 1.807) is 0 Å². The quantitative estimate of drug-likeness (QED) is 0.780. The van der Waals surface area contributed by atoms with Crippen LogP contribution >= 0.6 is 12.4 Å². The van der Waals surface area contributed by atoms with E-state index in [2.05, 4.69) is 5.32 Å². The number of nitrogens with two attached hydrogens (primary N) is 1. The van der Waals surface area contributed by atoms with Gasteiger partial charge in [-0.1, -0.05) is 0 Å². The van der Waals surface area contributed by atoms with E-state index in [1.807, 2.05) is 0 Å². The Kier molecular flexibility index (Phi) is 4.48. The predicted octanol–water partition coefficient (Wildman–Crippen LogP) is 0.351. The molecule has 3 saturated heterocycles. The topological polar surface area (TPSA) is 73.6 Å². The maximum atomic E-state index is 12.0. The third-order valence-electron chi connectivity index (χ3n) is 4.10. The van der Waals surface area contributed by atoms with Crippen molar-refractivity contribution >= 4 is 18.3 Å². The molecule has 0 aromatic heterocycles. The molecule has 0 aromatic carbocycles. The summed E-state index contributed by atoms with van der Waals surface area (Å²) in [6, 6.07) is 0.196. The number of rotatable bonds is 3. The van der Waals surface area contributed by atoms with Gasteiger partial charge in [-0.15, -0.1) is 12.4 Å². The second kappa shape index (κ2) is 5.74. The first kappa shape index (κ1) is 14.1. The minimum atomic E-state index is -0.303. The van der Waals surface area contributed by atoms with E-state index in [0.717, 1.165) is 32.1 Å². The Labute approximate surface area is 113 Å². The van der Waals surface area contributed by atoms with Gasteiger partial charge in [0.25, 0.3) is 0 Å². The summed E-state index contributed by atoms with van der Waals surface area (Å²) in [5.74, 6) is 0.0158. The van der Waals surface area contributed by atoms with Crippen LogP contribution in [0, 0.1) is 0 Å². The van der Waals surface area contributed by atoms with Crippen LogP contribution < -0.4 is 11.1 Å². The molecule has 3 N–H and O–H groups in total. The molecule has 6 heteroatoms. The number of hydrogen-bond acceptors (Lipinski definition) is 4. The first-order valence-electron chi connectivity index (χ1n) is 6.57. The Bertz CT molecular complexity index is 316. The van der Waals surface area contributed by atoms with Crippen LogP contribution in [0.15, 0.2) is 0 Å². The van der Waals surface area contributed by atoms with Gasteiger partial charge in [0.1, 0.15) is 6.10 Å². The molecule has 3 heterocycles. The summed E-state index contributed by atoms with van der Waals surface area (Å²) >= 11 is 0. The smallest absolute Gasteiger partial charge is 0.249 e. The van der Waals surface area contributed by atoms with Crippen LogP contribution in [0.1, 0.15) is 32.1 Å². The number of nitrogens with one attached hydrogen (secondary N) is 1. The van der Waals surface area contributed by atoms with E-state index in [9.17, 15) is 4.79 Å². The van der Waals surface area contributed by atoms with Crippen LogP contribution in [-0.4, -0.2) is 42.9 Å². The van der Waals surface area contributed by atoms with Gasteiger partial charge in [-0.25, -0.2) is 0 Å². The number of ether oxygens (including phenoxy) is 2. The highest BCUT2D eigenvalue weighted by Gasteiger charge is 2.42. The number of carbonyl (C=O) groups is 1. The summed E-state index contributed by atoms with van der Waals surface area (Å²) < 4.78 is 11.3. The normalized spacial score (nSPS) is 41.7. The molecule has 5 nitrogen and oxygen atoms in total. The average Bonchev–Trinajstić information content (AvgIpc) is 3.04. The molecule has 3 aliphatic heterocycles. The van der Waals surface area contributed by atoms with Crippen molar-refractivity contribution in [3.63, 3.8) is 0 Å². The van der Waals surface area contributed by atoms with Crippen molar-refractivity contribution in [1.29, 1.82) is 0 Å². The van der Waals surface area contributed by atoms with Crippen LogP contribution in [0.3, 0.4) is 0 Å².